The first kappa shape index (κ1) is 16.7. The molecule has 25 heavy (non-hydrogen) atoms. The molecule has 3 fully saturated rings. The molecule has 0 spiro atoms. The third-order valence-electron chi connectivity index (χ3n) is 6.80. The van der Waals surface area contributed by atoms with Crippen molar-refractivity contribution in [1.82, 2.24) is 4.98 Å². The molecule has 7 nitrogen and oxygen atoms in total. The molecule has 1 aromatic heterocycles. The molecular formula is C17H21N3O4S. The van der Waals surface area contributed by atoms with Crippen LogP contribution in [0.2, 0.25) is 0 Å². The Bertz CT molecular complexity index is 806. The molecule has 4 unspecified atom stereocenters. The van der Waals surface area contributed by atoms with Crippen molar-refractivity contribution in [3.63, 3.8) is 0 Å². The van der Waals surface area contributed by atoms with Gasteiger partial charge in [-0.2, -0.15) is 0 Å². The van der Waals surface area contributed by atoms with Crippen molar-refractivity contribution in [2.45, 2.75) is 45.6 Å². The Morgan fingerprint density at radius 2 is 2.24 bits per heavy atom. The number of primary amides is 1. The number of amides is 1. The summed E-state index contributed by atoms with van der Waals surface area (Å²) in [5.41, 5.74) is 4.73. The lowest BCUT2D eigenvalue weighted by Crippen LogP contribution is -2.50. The van der Waals surface area contributed by atoms with E-state index >= 15 is 0 Å². The number of ether oxygens (including phenoxy) is 1. The Balaban J connectivity index is 1.61. The third kappa shape index (κ3) is 1.95. The van der Waals surface area contributed by atoms with Crippen LogP contribution in [0.1, 0.15) is 43.8 Å². The fourth-order valence-corrected chi connectivity index (χ4v) is 5.81. The predicted molar refractivity (Wildman–Crippen MR) is 90.9 cm³/mol. The number of carbonyl (C=O) groups is 2. The lowest BCUT2D eigenvalue weighted by Gasteiger charge is -2.38. The minimum atomic E-state index is -0.976. The first-order chi connectivity index (χ1) is 11.7. The van der Waals surface area contributed by atoms with Gasteiger partial charge in [-0.15, -0.1) is 11.3 Å². The van der Waals surface area contributed by atoms with Gasteiger partial charge in [0.25, 0.3) is 5.91 Å². The molecule has 0 radical (unpaired) electrons. The van der Waals surface area contributed by atoms with Crippen LogP contribution >= 0.6 is 11.3 Å². The Labute approximate surface area is 149 Å². The van der Waals surface area contributed by atoms with Crippen LogP contribution in [0.3, 0.4) is 0 Å². The molecule has 2 saturated carbocycles. The van der Waals surface area contributed by atoms with Crippen molar-refractivity contribution in [2.75, 3.05) is 6.61 Å². The monoisotopic (exact) mass is 363 g/mol. The average molecular weight is 363 g/mol. The highest BCUT2D eigenvalue weighted by Gasteiger charge is 2.79. The summed E-state index contributed by atoms with van der Waals surface area (Å²) in [6.45, 7) is 6.66. The molecule has 1 saturated heterocycles. The van der Waals surface area contributed by atoms with E-state index in [1.807, 2.05) is 0 Å². The van der Waals surface area contributed by atoms with Crippen molar-refractivity contribution in [1.29, 1.82) is 0 Å². The summed E-state index contributed by atoms with van der Waals surface area (Å²) in [7, 11) is 0. The number of hydrogen-bond donors (Lipinski definition) is 1. The highest BCUT2D eigenvalue weighted by Crippen LogP contribution is 2.75. The Morgan fingerprint density at radius 1 is 1.48 bits per heavy atom. The van der Waals surface area contributed by atoms with Crippen LogP contribution in [-0.2, 0) is 19.2 Å². The third-order valence-corrected chi connectivity index (χ3v) is 7.77. The number of carbonyl (C=O) groups excluding carboxylic acids is 2. The second-order valence-corrected chi connectivity index (χ2v) is 8.64. The van der Waals surface area contributed by atoms with Gasteiger partial charge in [-0.3, -0.25) is 4.79 Å². The molecule has 8 heteroatoms. The molecule has 1 aromatic rings. The van der Waals surface area contributed by atoms with Crippen molar-refractivity contribution in [3.8, 4) is 0 Å². The molecule has 2 heterocycles. The number of aryl methyl sites for hydroxylation is 1. The van der Waals surface area contributed by atoms with E-state index in [0.29, 0.717) is 24.0 Å². The summed E-state index contributed by atoms with van der Waals surface area (Å²) in [6, 6.07) is 0. The molecule has 4 rings (SSSR count). The largest absolute Gasteiger partial charge is 0.367 e. The summed E-state index contributed by atoms with van der Waals surface area (Å²) in [6.07, 6.45) is 2.69. The Hall–Kier alpha value is -1.80. The van der Waals surface area contributed by atoms with Gasteiger partial charge in [-0.05, 0) is 32.1 Å². The van der Waals surface area contributed by atoms with Crippen molar-refractivity contribution < 1.29 is 19.2 Å². The maximum absolute atomic E-state index is 12.9. The van der Waals surface area contributed by atoms with E-state index in [0.717, 1.165) is 18.5 Å². The second-order valence-electron chi connectivity index (χ2n) is 7.78. The minimum absolute atomic E-state index is 0.00529. The van der Waals surface area contributed by atoms with Crippen LogP contribution in [-0.4, -0.2) is 34.8 Å². The predicted octanol–water partition coefficient (Wildman–Crippen LogP) is 1.78. The zero-order chi connectivity index (χ0) is 18.0. The highest BCUT2D eigenvalue weighted by atomic mass is 32.1. The standard InChI is InChI=1S/C17H21N3O4S/c1-9-7-25-13(19-9)11(12(18)21)20-24-14(22)17-6-10-4-5-16(17,3)15(10,2)8-23-17/h7,10H,4-6,8H2,1-3H3,(H2,18,21)/b20-11-. The number of nitrogens with two attached hydrogens (primary N) is 1. The van der Waals surface area contributed by atoms with Gasteiger partial charge in [0.2, 0.25) is 5.71 Å². The van der Waals surface area contributed by atoms with Crippen LogP contribution in [0, 0.1) is 23.7 Å². The SMILES string of the molecule is Cc1csc(/C(=N\OC(=O)C23CC4CCC2(C)C4(C)CO3)C(N)=O)n1. The first-order valence-electron chi connectivity index (χ1n) is 8.39. The lowest BCUT2D eigenvalue weighted by atomic mass is 9.66. The first-order valence-corrected chi connectivity index (χ1v) is 9.27. The van der Waals surface area contributed by atoms with Gasteiger partial charge < -0.3 is 15.3 Å². The van der Waals surface area contributed by atoms with Crippen molar-refractivity contribution in [2.24, 2.45) is 27.6 Å². The summed E-state index contributed by atoms with van der Waals surface area (Å²) < 4.78 is 5.97. The van der Waals surface area contributed by atoms with E-state index in [4.69, 9.17) is 15.3 Å². The zero-order valence-corrected chi connectivity index (χ0v) is 15.3. The topological polar surface area (TPSA) is 104 Å². The zero-order valence-electron chi connectivity index (χ0n) is 14.5. The van der Waals surface area contributed by atoms with Crippen molar-refractivity contribution in [3.05, 3.63) is 16.1 Å². The smallest absolute Gasteiger partial charge is 0.364 e. The molecule has 0 aromatic carbocycles. The van der Waals surface area contributed by atoms with Crippen LogP contribution < -0.4 is 5.73 Å². The molecule has 1 aliphatic heterocycles. The number of thiazole rings is 1. The van der Waals surface area contributed by atoms with Gasteiger partial charge in [0.1, 0.15) is 0 Å². The molecule has 4 bridgehead atoms. The lowest BCUT2D eigenvalue weighted by molar-refractivity contribution is -0.181. The van der Waals surface area contributed by atoms with E-state index in [2.05, 4.69) is 24.0 Å². The van der Waals surface area contributed by atoms with Gasteiger partial charge in [0.05, 0.1) is 6.61 Å². The molecular weight excluding hydrogens is 342 g/mol. The van der Waals surface area contributed by atoms with Gasteiger partial charge in [-0.25, -0.2) is 9.78 Å². The van der Waals surface area contributed by atoms with E-state index < -0.39 is 17.5 Å². The van der Waals surface area contributed by atoms with Gasteiger partial charge in [0, 0.05) is 21.9 Å². The number of aromatic nitrogens is 1. The van der Waals surface area contributed by atoms with Crippen molar-refractivity contribution >= 4 is 28.9 Å². The van der Waals surface area contributed by atoms with E-state index in [1.165, 1.54) is 11.3 Å². The highest BCUT2D eigenvalue weighted by molar-refractivity contribution is 7.12. The van der Waals surface area contributed by atoms with Crippen LogP contribution in [0.4, 0.5) is 0 Å². The molecule has 2 aliphatic carbocycles. The number of hydrogen-bond acceptors (Lipinski definition) is 7. The average Bonchev–Trinajstić information content (AvgIpc) is 3.20. The van der Waals surface area contributed by atoms with Gasteiger partial charge in [-0.1, -0.05) is 19.0 Å². The number of oxime groups is 1. The van der Waals surface area contributed by atoms with E-state index in [1.54, 1.807) is 12.3 Å². The number of nitrogens with zero attached hydrogens (tertiary/aromatic N) is 2. The summed E-state index contributed by atoms with van der Waals surface area (Å²) in [5, 5.41) is 5.87. The second kappa shape index (κ2) is 5.11. The van der Waals surface area contributed by atoms with E-state index in [-0.39, 0.29) is 16.5 Å². The Morgan fingerprint density at radius 3 is 2.80 bits per heavy atom. The molecule has 3 aliphatic rings. The Kier molecular flexibility index (Phi) is 3.40. The maximum Gasteiger partial charge on any atom is 0.367 e. The number of rotatable bonds is 4. The minimum Gasteiger partial charge on any atom is -0.364 e. The van der Waals surface area contributed by atoms with Crippen LogP contribution in [0.15, 0.2) is 10.5 Å². The fraction of sp³-hybridized carbons (Fsp3) is 0.647. The van der Waals surface area contributed by atoms with Gasteiger partial charge >= 0.3 is 5.97 Å². The van der Waals surface area contributed by atoms with Gasteiger partial charge in [0.15, 0.2) is 10.6 Å². The van der Waals surface area contributed by atoms with E-state index in [9.17, 15) is 9.59 Å². The van der Waals surface area contributed by atoms with Crippen LogP contribution in [0.25, 0.3) is 0 Å². The fourth-order valence-electron chi connectivity index (χ4n) is 5.03. The summed E-state index contributed by atoms with van der Waals surface area (Å²) >= 11 is 1.23. The molecule has 134 valence electrons. The quantitative estimate of drug-likeness (QED) is 0.499. The normalized spacial score (nSPS) is 39.0. The maximum atomic E-state index is 12.9. The van der Waals surface area contributed by atoms with Crippen LogP contribution in [0.5, 0.6) is 0 Å². The summed E-state index contributed by atoms with van der Waals surface area (Å²) in [4.78, 5) is 33.9. The molecule has 2 N–H and O–H groups in total. The summed E-state index contributed by atoms with van der Waals surface area (Å²) in [5.74, 6) is -0.857. The molecule has 1 amide bonds. The molecule has 4 atom stereocenters.